The minimum absolute atomic E-state index is 0.0722. The molecule has 3 rings (SSSR count). The summed E-state index contributed by atoms with van der Waals surface area (Å²) in [5.74, 6) is -0.792. The van der Waals surface area contributed by atoms with Crippen LogP contribution in [0.5, 0.6) is 0 Å². The second kappa shape index (κ2) is 12.2. The summed E-state index contributed by atoms with van der Waals surface area (Å²) in [6, 6.07) is 21.5. The van der Waals surface area contributed by atoms with Gasteiger partial charge < -0.3 is 10.2 Å². The summed E-state index contributed by atoms with van der Waals surface area (Å²) in [5.41, 5.74) is 2.19. The minimum atomic E-state index is -4.06. The maximum atomic E-state index is 13.8. The quantitative estimate of drug-likeness (QED) is 0.388. The lowest BCUT2D eigenvalue weighted by atomic mass is 10.1. The molecular formula is C27H30BrN3O4S. The number of halogens is 1. The van der Waals surface area contributed by atoms with Crippen molar-refractivity contribution >= 4 is 43.5 Å². The van der Waals surface area contributed by atoms with Crippen molar-refractivity contribution in [2.24, 2.45) is 0 Å². The number of nitrogens with one attached hydrogen (secondary N) is 1. The molecular weight excluding hydrogens is 542 g/mol. The number of anilines is 1. The van der Waals surface area contributed by atoms with Crippen LogP contribution in [0.25, 0.3) is 0 Å². The summed E-state index contributed by atoms with van der Waals surface area (Å²) in [5, 5.41) is 2.76. The third kappa shape index (κ3) is 6.53. The summed E-state index contributed by atoms with van der Waals surface area (Å²) in [7, 11) is -4.06. The monoisotopic (exact) mass is 571 g/mol. The van der Waals surface area contributed by atoms with E-state index in [1.54, 1.807) is 56.3 Å². The Hall–Kier alpha value is -3.17. The Balaban J connectivity index is 2.02. The van der Waals surface area contributed by atoms with Gasteiger partial charge in [-0.2, -0.15) is 0 Å². The minimum Gasteiger partial charge on any atom is -0.355 e. The Morgan fingerprint density at radius 3 is 2.17 bits per heavy atom. The molecule has 0 aliphatic carbocycles. The van der Waals surface area contributed by atoms with Gasteiger partial charge >= 0.3 is 0 Å². The average Bonchev–Trinajstić information content (AvgIpc) is 2.87. The summed E-state index contributed by atoms with van der Waals surface area (Å²) < 4.78 is 29.2. The number of rotatable bonds is 10. The van der Waals surface area contributed by atoms with E-state index in [4.69, 9.17) is 0 Å². The van der Waals surface area contributed by atoms with Gasteiger partial charge in [0.25, 0.3) is 10.0 Å². The number of aryl methyl sites for hydroxylation is 1. The van der Waals surface area contributed by atoms with E-state index in [0.717, 1.165) is 19.9 Å². The summed E-state index contributed by atoms with van der Waals surface area (Å²) >= 11 is 3.37. The first kappa shape index (κ1) is 27.4. The van der Waals surface area contributed by atoms with E-state index in [1.165, 1.54) is 17.0 Å². The van der Waals surface area contributed by atoms with Crippen LogP contribution in [0.3, 0.4) is 0 Å². The first-order valence-corrected chi connectivity index (χ1v) is 13.8. The number of benzene rings is 3. The molecule has 0 aliphatic rings. The Labute approximate surface area is 221 Å². The van der Waals surface area contributed by atoms with Gasteiger partial charge in [-0.1, -0.05) is 58.4 Å². The average molecular weight is 573 g/mol. The number of carbonyl (C=O) groups excluding carboxylic acids is 2. The zero-order chi connectivity index (χ0) is 26.3. The fraction of sp³-hybridized carbons (Fsp3) is 0.259. The number of hydrogen-bond acceptors (Lipinski definition) is 4. The van der Waals surface area contributed by atoms with Crippen LogP contribution in [0.2, 0.25) is 0 Å². The Morgan fingerprint density at radius 1 is 0.944 bits per heavy atom. The normalized spacial score (nSPS) is 12.0. The fourth-order valence-electron chi connectivity index (χ4n) is 3.73. The van der Waals surface area contributed by atoms with E-state index in [0.29, 0.717) is 12.2 Å². The molecule has 0 radical (unpaired) electrons. The summed E-state index contributed by atoms with van der Waals surface area (Å²) in [6.45, 7) is 5.51. The van der Waals surface area contributed by atoms with Crippen LogP contribution < -0.4 is 9.62 Å². The van der Waals surface area contributed by atoms with Gasteiger partial charge in [0.05, 0.1) is 10.6 Å². The smallest absolute Gasteiger partial charge is 0.264 e. The third-order valence-electron chi connectivity index (χ3n) is 5.84. The highest BCUT2D eigenvalue weighted by molar-refractivity contribution is 9.10. The van der Waals surface area contributed by atoms with Crippen molar-refractivity contribution in [3.05, 3.63) is 94.5 Å². The van der Waals surface area contributed by atoms with Gasteiger partial charge in [0, 0.05) is 17.6 Å². The van der Waals surface area contributed by atoms with Crippen LogP contribution in [-0.4, -0.2) is 44.3 Å². The van der Waals surface area contributed by atoms with Crippen molar-refractivity contribution < 1.29 is 18.0 Å². The Kier molecular flexibility index (Phi) is 9.28. The molecule has 0 aromatic heterocycles. The molecule has 0 aliphatic heterocycles. The molecule has 0 saturated carbocycles. The molecule has 2 amide bonds. The molecule has 190 valence electrons. The van der Waals surface area contributed by atoms with Crippen molar-refractivity contribution in [1.82, 2.24) is 10.2 Å². The molecule has 0 heterocycles. The van der Waals surface area contributed by atoms with Crippen molar-refractivity contribution in [3.8, 4) is 0 Å². The first-order valence-electron chi connectivity index (χ1n) is 11.6. The second-order valence-electron chi connectivity index (χ2n) is 8.32. The molecule has 0 bridgehead atoms. The van der Waals surface area contributed by atoms with E-state index in [9.17, 15) is 18.0 Å². The molecule has 0 unspecified atom stereocenters. The summed E-state index contributed by atoms with van der Waals surface area (Å²) in [6.07, 6.45) is 0. The number of hydrogen-bond donors (Lipinski definition) is 1. The van der Waals surface area contributed by atoms with E-state index in [1.807, 2.05) is 31.2 Å². The largest absolute Gasteiger partial charge is 0.355 e. The van der Waals surface area contributed by atoms with Gasteiger partial charge in [0.1, 0.15) is 12.6 Å². The van der Waals surface area contributed by atoms with E-state index < -0.39 is 28.5 Å². The number of carbonyl (C=O) groups is 2. The maximum absolute atomic E-state index is 13.8. The predicted octanol–water partition coefficient (Wildman–Crippen LogP) is 4.51. The number of likely N-dealkylation sites (N-methyl/N-ethyl adjacent to an activating group) is 1. The SMILES string of the molecule is CCNC(=O)[C@@H](C)N(Cc1ccccc1C)C(=O)CN(c1ccc(Br)cc1)S(=O)(=O)c1ccccc1. The van der Waals surface area contributed by atoms with Gasteiger partial charge in [0.2, 0.25) is 11.8 Å². The van der Waals surface area contributed by atoms with E-state index in [-0.39, 0.29) is 17.3 Å². The Morgan fingerprint density at radius 2 is 1.56 bits per heavy atom. The summed E-state index contributed by atoms with van der Waals surface area (Å²) in [4.78, 5) is 28.0. The second-order valence-corrected chi connectivity index (χ2v) is 11.1. The van der Waals surface area contributed by atoms with Crippen molar-refractivity contribution in [3.63, 3.8) is 0 Å². The number of amides is 2. The molecule has 0 fully saturated rings. The first-order chi connectivity index (χ1) is 17.1. The van der Waals surface area contributed by atoms with Crippen LogP contribution >= 0.6 is 15.9 Å². The van der Waals surface area contributed by atoms with Gasteiger partial charge in [0.15, 0.2) is 0 Å². The van der Waals surface area contributed by atoms with Crippen LogP contribution in [0.4, 0.5) is 5.69 Å². The third-order valence-corrected chi connectivity index (χ3v) is 8.16. The fourth-order valence-corrected chi connectivity index (χ4v) is 5.43. The lowest BCUT2D eigenvalue weighted by Crippen LogP contribution is -2.51. The molecule has 1 N–H and O–H groups in total. The molecule has 36 heavy (non-hydrogen) atoms. The molecule has 7 nitrogen and oxygen atoms in total. The standard InChI is InChI=1S/C27H30BrN3O4S/c1-4-29-27(33)21(3)30(18-22-11-9-8-10-20(22)2)26(32)19-31(24-16-14-23(28)15-17-24)36(34,35)25-12-6-5-7-13-25/h5-17,21H,4,18-19H2,1-3H3,(H,29,33)/t21-/m1/s1. The number of sulfonamides is 1. The van der Waals surface area contributed by atoms with E-state index in [2.05, 4.69) is 21.2 Å². The van der Waals surface area contributed by atoms with Gasteiger partial charge in [-0.25, -0.2) is 8.42 Å². The maximum Gasteiger partial charge on any atom is 0.264 e. The highest BCUT2D eigenvalue weighted by atomic mass is 79.9. The van der Waals surface area contributed by atoms with Crippen molar-refractivity contribution in [1.29, 1.82) is 0 Å². The van der Waals surface area contributed by atoms with Gasteiger partial charge in [-0.15, -0.1) is 0 Å². The van der Waals surface area contributed by atoms with Crippen LogP contribution in [0.15, 0.2) is 88.2 Å². The van der Waals surface area contributed by atoms with Crippen LogP contribution in [-0.2, 0) is 26.2 Å². The number of nitrogens with zero attached hydrogens (tertiary/aromatic N) is 2. The highest BCUT2D eigenvalue weighted by Gasteiger charge is 2.32. The Bertz CT molecular complexity index is 1300. The lowest BCUT2D eigenvalue weighted by Gasteiger charge is -2.32. The molecule has 0 saturated heterocycles. The highest BCUT2D eigenvalue weighted by Crippen LogP contribution is 2.26. The zero-order valence-electron chi connectivity index (χ0n) is 20.5. The topological polar surface area (TPSA) is 86.8 Å². The van der Waals surface area contributed by atoms with Crippen molar-refractivity contribution in [2.75, 3.05) is 17.4 Å². The lowest BCUT2D eigenvalue weighted by molar-refractivity contribution is -0.139. The van der Waals surface area contributed by atoms with E-state index >= 15 is 0 Å². The van der Waals surface area contributed by atoms with Crippen LogP contribution in [0, 0.1) is 6.92 Å². The van der Waals surface area contributed by atoms with Gasteiger partial charge in [-0.05, 0) is 68.3 Å². The van der Waals surface area contributed by atoms with Crippen molar-refractivity contribution in [2.45, 2.75) is 38.3 Å². The molecule has 0 spiro atoms. The molecule has 1 atom stereocenters. The molecule has 3 aromatic carbocycles. The van der Waals surface area contributed by atoms with Crippen LogP contribution in [0.1, 0.15) is 25.0 Å². The molecule has 3 aromatic rings. The van der Waals surface area contributed by atoms with Gasteiger partial charge in [-0.3, -0.25) is 13.9 Å². The molecule has 9 heteroatoms. The predicted molar refractivity (Wildman–Crippen MR) is 145 cm³/mol. The zero-order valence-corrected chi connectivity index (χ0v) is 22.9.